The Morgan fingerprint density at radius 1 is 1.38 bits per heavy atom. The summed E-state index contributed by atoms with van der Waals surface area (Å²) >= 11 is -1.01. The lowest BCUT2D eigenvalue weighted by Crippen LogP contribution is -2.21. The second-order valence-electron chi connectivity index (χ2n) is 2.43. The Morgan fingerprint density at radius 3 is 2.69 bits per heavy atom. The van der Waals surface area contributed by atoms with Gasteiger partial charge in [-0.15, -0.1) is 0 Å². The largest absolute Gasteiger partial charge is 0.611 e. The second-order valence-corrected chi connectivity index (χ2v) is 4.01. The summed E-state index contributed by atoms with van der Waals surface area (Å²) in [6.07, 6.45) is 0.613. The summed E-state index contributed by atoms with van der Waals surface area (Å²) in [5.74, 6) is 0.461. The molecule has 0 heterocycles. The van der Waals surface area contributed by atoms with Crippen molar-refractivity contribution in [1.82, 2.24) is 5.32 Å². The molecule has 0 aromatic heterocycles. The molecule has 0 radical (unpaired) electrons. The van der Waals surface area contributed by atoms with Crippen molar-refractivity contribution in [3.8, 4) is 0 Å². The van der Waals surface area contributed by atoms with E-state index in [1.54, 1.807) is 0 Å². The molecule has 1 amide bonds. The molecule has 1 aromatic rings. The molecule has 3 nitrogen and oxygen atoms in total. The molecule has 1 rings (SSSR count). The van der Waals surface area contributed by atoms with Crippen LogP contribution in [0.3, 0.4) is 0 Å². The lowest BCUT2D eigenvalue weighted by molar-refractivity contribution is -0.109. The highest BCUT2D eigenvalue weighted by molar-refractivity contribution is 7.91. The molecule has 0 aliphatic carbocycles. The first-order valence-electron chi connectivity index (χ1n) is 3.95. The van der Waals surface area contributed by atoms with Gasteiger partial charge in [-0.05, 0) is 23.3 Å². The van der Waals surface area contributed by atoms with Crippen molar-refractivity contribution in [3.63, 3.8) is 0 Å². The van der Waals surface area contributed by atoms with Crippen molar-refractivity contribution in [3.05, 3.63) is 30.3 Å². The maximum absolute atomic E-state index is 11.5. The minimum absolute atomic E-state index is 0.449. The SMILES string of the molecule is O=CNCC[S+]([O-])c1ccccc1. The van der Waals surface area contributed by atoms with Crippen LogP contribution in [0.15, 0.2) is 35.2 Å². The minimum Gasteiger partial charge on any atom is -0.611 e. The molecule has 1 atom stereocenters. The van der Waals surface area contributed by atoms with Crippen molar-refractivity contribution in [2.24, 2.45) is 0 Å². The third kappa shape index (κ3) is 3.48. The molecule has 1 N–H and O–H groups in total. The molecule has 0 aliphatic rings. The molecule has 0 aliphatic heterocycles. The zero-order chi connectivity index (χ0) is 9.52. The van der Waals surface area contributed by atoms with Crippen LogP contribution in [-0.4, -0.2) is 23.3 Å². The van der Waals surface area contributed by atoms with Gasteiger partial charge < -0.3 is 9.87 Å². The maximum Gasteiger partial charge on any atom is 0.207 e. The third-order valence-electron chi connectivity index (χ3n) is 1.52. The number of nitrogens with one attached hydrogen (secondary N) is 1. The Hall–Kier alpha value is -1.00. The minimum atomic E-state index is -1.01. The van der Waals surface area contributed by atoms with Crippen LogP contribution in [0.25, 0.3) is 0 Å². The maximum atomic E-state index is 11.5. The molecule has 0 saturated heterocycles. The topological polar surface area (TPSA) is 52.2 Å². The lowest BCUT2D eigenvalue weighted by Gasteiger charge is -2.09. The molecule has 0 saturated carbocycles. The number of carbonyl (C=O) groups excluding carboxylic acids is 1. The second kappa shape index (κ2) is 5.61. The van der Waals surface area contributed by atoms with Gasteiger partial charge in [0.15, 0.2) is 4.90 Å². The summed E-state index contributed by atoms with van der Waals surface area (Å²) < 4.78 is 11.5. The number of rotatable bonds is 5. The van der Waals surface area contributed by atoms with E-state index >= 15 is 0 Å². The number of hydrogen-bond acceptors (Lipinski definition) is 2. The van der Waals surface area contributed by atoms with E-state index in [9.17, 15) is 9.35 Å². The average molecular weight is 197 g/mol. The normalized spacial score (nSPS) is 12.1. The number of hydrogen-bond donors (Lipinski definition) is 1. The van der Waals surface area contributed by atoms with Gasteiger partial charge in [0.1, 0.15) is 5.75 Å². The molecule has 0 spiro atoms. The summed E-state index contributed by atoms with van der Waals surface area (Å²) in [5, 5.41) is 2.48. The molecule has 0 fully saturated rings. The summed E-state index contributed by atoms with van der Waals surface area (Å²) in [4.78, 5) is 10.7. The van der Waals surface area contributed by atoms with Crippen LogP contribution >= 0.6 is 0 Å². The quantitative estimate of drug-likeness (QED) is 0.425. The predicted molar refractivity (Wildman–Crippen MR) is 51.8 cm³/mol. The van der Waals surface area contributed by atoms with Crippen LogP contribution in [0.2, 0.25) is 0 Å². The van der Waals surface area contributed by atoms with E-state index in [4.69, 9.17) is 0 Å². The molecule has 4 heteroatoms. The fraction of sp³-hybridized carbons (Fsp3) is 0.222. The fourth-order valence-corrected chi connectivity index (χ4v) is 1.90. The summed E-state index contributed by atoms with van der Waals surface area (Å²) in [6.45, 7) is 0.449. The molecule has 0 bridgehead atoms. The van der Waals surface area contributed by atoms with Gasteiger partial charge in [0.2, 0.25) is 6.41 Å². The van der Waals surface area contributed by atoms with E-state index in [2.05, 4.69) is 5.32 Å². The molecule has 13 heavy (non-hydrogen) atoms. The zero-order valence-corrected chi connectivity index (χ0v) is 7.92. The van der Waals surface area contributed by atoms with E-state index in [1.165, 1.54) is 0 Å². The number of carbonyl (C=O) groups is 1. The fourth-order valence-electron chi connectivity index (χ4n) is 0.901. The Labute approximate surface area is 80.3 Å². The van der Waals surface area contributed by atoms with Crippen LogP contribution < -0.4 is 5.32 Å². The van der Waals surface area contributed by atoms with Crippen LogP contribution in [-0.2, 0) is 16.0 Å². The first-order chi connectivity index (χ1) is 6.34. The first-order valence-corrected chi connectivity index (χ1v) is 5.27. The smallest absolute Gasteiger partial charge is 0.207 e. The highest BCUT2D eigenvalue weighted by Crippen LogP contribution is 2.08. The molecular weight excluding hydrogens is 186 g/mol. The highest BCUT2D eigenvalue weighted by Gasteiger charge is 2.07. The monoisotopic (exact) mass is 197 g/mol. The van der Waals surface area contributed by atoms with Crippen molar-refractivity contribution < 1.29 is 9.35 Å². The van der Waals surface area contributed by atoms with E-state index < -0.39 is 11.2 Å². The summed E-state index contributed by atoms with van der Waals surface area (Å²) in [7, 11) is 0. The Bertz CT molecular complexity index is 253. The molecular formula is C9H11NO2S. The Kier molecular flexibility index (Phi) is 4.35. The van der Waals surface area contributed by atoms with E-state index in [0.717, 1.165) is 4.90 Å². The molecule has 1 unspecified atom stereocenters. The number of benzene rings is 1. The Morgan fingerprint density at radius 2 is 2.08 bits per heavy atom. The standard InChI is InChI=1S/C9H11NO2S/c11-8-10-6-7-13(12)9-4-2-1-3-5-9/h1-5,8H,6-7H2,(H,10,11). The van der Waals surface area contributed by atoms with E-state index in [1.807, 2.05) is 30.3 Å². The van der Waals surface area contributed by atoms with Gasteiger partial charge in [-0.3, -0.25) is 4.79 Å². The van der Waals surface area contributed by atoms with Crippen LogP contribution in [0.5, 0.6) is 0 Å². The molecule has 70 valence electrons. The van der Waals surface area contributed by atoms with E-state index in [-0.39, 0.29) is 0 Å². The van der Waals surface area contributed by atoms with Gasteiger partial charge in [0, 0.05) is 0 Å². The number of amides is 1. The van der Waals surface area contributed by atoms with Crippen molar-refractivity contribution in [1.29, 1.82) is 0 Å². The summed E-state index contributed by atoms with van der Waals surface area (Å²) in [6, 6.07) is 9.21. The van der Waals surface area contributed by atoms with Gasteiger partial charge in [-0.2, -0.15) is 0 Å². The van der Waals surface area contributed by atoms with Gasteiger partial charge in [-0.1, -0.05) is 18.2 Å². The first kappa shape index (κ1) is 10.1. The van der Waals surface area contributed by atoms with Crippen LogP contribution in [0, 0.1) is 0 Å². The predicted octanol–water partition coefficient (Wildman–Crippen LogP) is 0.540. The zero-order valence-electron chi connectivity index (χ0n) is 7.10. The van der Waals surface area contributed by atoms with Crippen molar-refractivity contribution in [2.45, 2.75) is 4.90 Å². The van der Waals surface area contributed by atoms with Gasteiger partial charge in [0.05, 0.1) is 6.54 Å². The third-order valence-corrected chi connectivity index (χ3v) is 2.89. The lowest BCUT2D eigenvalue weighted by atomic mass is 10.4. The summed E-state index contributed by atoms with van der Waals surface area (Å²) in [5.41, 5.74) is 0. The van der Waals surface area contributed by atoms with Crippen LogP contribution in [0.1, 0.15) is 0 Å². The average Bonchev–Trinajstić information content (AvgIpc) is 2.19. The Balaban J connectivity index is 2.39. The molecule has 1 aromatic carbocycles. The highest BCUT2D eigenvalue weighted by atomic mass is 32.2. The van der Waals surface area contributed by atoms with Crippen molar-refractivity contribution in [2.75, 3.05) is 12.3 Å². The van der Waals surface area contributed by atoms with Gasteiger partial charge >= 0.3 is 0 Å². The van der Waals surface area contributed by atoms with E-state index in [0.29, 0.717) is 18.7 Å². The van der Waals surface area contributed by atoms with Gasteiger partial charge in [-0.25, -0.2) is 0 Å². The van der Waals surface area contributed by atoms with Crippen LogP contribution in [0.4, 0.5) is 0 Å². The van der Waals surface area contributed by atoms with Gasteiger partial charge in [0.25, 0.3) is 0 Å². The van der Waals surface area contributed by atoms with Crippen molar-refractivity contribution >= 4 is 17.6 Å².